The SMILES string of the molecule is O=CC1CCCN(CC(=O)N2CCSc3ccccc32)C1. The maximum absolute atomic E-state index is 12.6. The van der Waals surface area contributed by atoms with Crippen LogP contribution in [0.15, 0.2) is 29.2 Å². The van der Waals surface area contributed by atoms with Gasteiger partial charge in [0.25, 0.3) is 0 Å². The molecule has 2 aliphatic heterocycles. The van der Waals surface area contributed by atoms with E-state index in [1.165, 1.54) is 4.90 Å². The topological polar surface area (TPSA) is 40.6 Å². The number of hydrogen-bond donors (Lipinski definition) is 0. The number of piperidine rings is 1. The third kappa shape index (κ3) is 3.30. The van der Waals surface area contributed by atoms with E-state index in [2.05, 4.69) is 11.0 Å². The van der Waals surface area contributed by atoms with Gasteiger partial charge in [0.2, 0.25) is 5.91 Å². The van der Waals surface area contributed by atoms with Gasteiger partial charge < -0.3 is 9.69 Å². The van der Waals surface area contributed by atoms with Crippen molar-refractivity contribution in [3.8, 4) is 0 Å². The number of likely N-dealkylation sites (tertiary alicyclic amines) is 1. The Morgan fingerprint density at radius 3 is 3.05 bits per heavy atom. The lowest BCUT2D eigenvalue weighted by atomic mass is 10.00. The Morgan fingerprint density at radius 1 is 1.33 bits per heavy atom. The fraction of sp³-hybridized carbons (Fsp3) is 0.500. The van der Waals surface area contributed by atoms with Crippen LogP contribution in [0.2, 0.25) is 0 Å². The Hall–Kier alpha value is -1.33. The molecule has 0 N–H and O–H groups in total. The van der Waals surface area contributed by atoms with Crippen molar-refractivity contribution in [1.29, 1.82) is 0 Å². The average Bonchev–Trinajstić information content (AvgIpc) is 2.54. The molecule has 3 rings (SSSR count). The van der Waals surface area contributed by atoms with E-state index in [0.717, 1.165) is 50.2 Å². The van der Waals surface area contributed by atoms with E-state index >= 15 is 0 Å². The number of thioether (sulfide) groups is 1. The van der Waals surface area contributed by atoms with Crippen LogP contribution < -0.4 is 4.90 Å². The molecule has 1 amide bonds. The molecule has 2 heterocycles. The van der Waals surface area contributed by atoms with Crippen LogP contribution in [0.5, 0.6) is 0 Å². The molecule has 0 radical (unpaired) electrons. The quantitative estimate of drug-likeness (QED) is 0.801. The largest absolute Gasteiger partial charge is 0.309 e. The zero-order chi connectivity index (χ0) is 14.7. The molecule has 0 aliphatic carbocycles. The van der Waals surface area contributed by atoms with Gasteiger partial charge in [0.05, 0.1) is 12.2 Å². The highest BCUT2D eigenvalue weighted by Crippen LogP contribution is 2.34. The van der Waals surface area contributed by atoms with Crippen molar-refractivity contribution in [2.45, 2.75) is 17.7 Å². The molecule has 21 heavy (non-hydrogen) atoms. The lowest BCUT2D eigenvalue weighted by molar-refractivity contribution is -0.121. The lowest BCUT2D eigenvalue weighted by Gasteiger charge is -2.33. The van der Waals surface area contributed by atoms with Crippen LogP contribution >= 0.6 is 11.8 Å². The van der Waals surface area contributed by atoms with Crippen molar-refractivity contribution < 1.29 is 9.59 Å². The van der Waals surface area contributed by atoms with Crippen molar-refractivity contribution in [1.82, 2.24) is 4.90 Å². The first-order valence-corrected chi connectivity index (χ1v) is 8.46. The molecule has 0 bridgehead atoms. The maximum Gasteiger partial charge on any atom is 0.241 e. The van der Waals surface area contributed by atoms with Crippen LogP contribution in [0.3, 0.4) is 0 Å². The van der Waals surface area contributed by atoms with E-state index in [9.17, 15) is 9.59 Å². The first-order valence-electron chi connectivity index (χ1n) is 7.48. The Bertz CT molecular complexity index is 535. The average molecular weight is 304 g/mol. The molecule has 0 aromatic heterocycles. The van der Waals surface area contributed by atoms with Crippen LogP contribution in [0.1, 0.15) is 12.8 Å². The van der Waals surface area contributed by atoms with E-state index in [-0.39, 0.29) is 11.8 Å². The third-order valence-electron chi connectivity index (χ3n) is 4.12. The number of carbonyl (C=O) groups is 2. The van der Waals surface area contributed by atoms with Crippen LogP contribution in [-0.4, -0.2) is 49.0 Å². The second-order valence-electron chi connectivity index (χ2n) is 5.64. The molecule has 0 spiro atoms. The molecule has 0 saturated carbocycles. The smallest absolute Gasteiger partial charge is 0.241 e. The summed E-state index contributed by atoms with van der Waals surface area (Å²) in [6.45, 7) is 2.83. The van der Waals surface area contributed by atoms with Gasteiger partial charge in [0.15, 0.2) is 0 Å². The maximum atomic E-state index is 12.6. The highest BCUT2D eigenvalue weighted by atomic mass is 32.2. The summed E-state index contributed by atoms with van der Waals surface area (Å²) in [5.74, 6) is 1.18. The lowest BCUT2D eigenvalue weighted by Crippen LogP contribution is -2.46. The highest BCUT2D eigenvalue weighted by Gasteiger charge is 2.26. The Kier molecular flexibility index (Phi) is 4.60. The molecular formula is C16H20N2O2S. The molecule has 5 heteroatoms. The van der Waals surface area contributed by atoms with Gasteiger partial charge in [-0.25, -0.2) is 0 Å². The van der Waals surface area contributed by atoms with Crippen molar-refractivity contribution in [3.05, 3.63) is 24.3 Å². The van der Waals surface area contributed by atoms with Gasteiger partial charge in [-0.05, 0) is 31.5 Å². The van der Waals surface area contributed by atoms with Gasteiger partial charge in [0, 0.05) is 29.7 Å². The Morgan fingerprint density at radius 2 is 2.19 bits per heavy atom. The number of amides is 1. The van der Waals surface area contributed by atoms with E-state index in [4.69, 9.17) is 0 Å². The van der Waals surface area contributed by atoms with Crippen LogP contribution in [0.25, 0.3) is 0 Å². The van der Waals surface area contributed by atoms with Gasteiger partial charge in [0.1, 0.15) is 6.29 Å². The third-order valence-corrected chi connectivity index (χ3v) is 5.17. The van der Waals surface area contributed by atoms with Gasteiger partial charge in [-0.1, -0.05) is 12.1 Å². The molecule has 1 unspecified atom stereocenters. The molecule has 1 aromatic rings. The minimum Gasteiger partial charge on any atom is -0.309 e. The highest BCUT2D eigenvalue weighted by molar-refractivity contribution is 7.99. The monoisotopic (exact) mass is 304 g/mol. The number of rotatable bonds is 3. The van der Waals surface area contributed by atoms with Gasteiger partial charge >= 0.3 is 0 Å². The molecule has 1 atom stereocenters. The summed E-state index contributed by atoms with van der Waals surface area (Å²) in [4.78, 5) is 28.7. The summed E-state index contributed by atoms with van der Waals surface area (Å²) >= 11 is 1.81. The molecular weight excluding hydrogens is 284 g/mol. The van der Waals surface area contributed by atoms with E-state index in [0.29, 0.717) is 6.54 Å². The molecule has 2 aliphatic rings. The predicted octanol–water partition coefficient (Wildman–Crippen LogP) is 2.04. The van der Waals surface area contributed by atoms with Gasteiger partial charge in [-0.15, -0.1) is 11.8 Å². The number of carbonyl (C=O) groups excluding carboxylic acids is 2. The summed E-state index contributed by atoms with van der Waals surface area (Å²) < 4.78 is 0. The molecule has 1 saturated heterocycles. The summed E-state index contributed by atoms with van der Waals surface area (Å²) in [7, 11) is 0. The minimum atomic E-state index is 0.0933. The number of para-hydroxylation sites is 1. The number of aldehydes is 1. The van der Waals surface area contributed by atoms with Crippen LogP contribution in [0, 0.1) is 5.92 Å². The van der Waals surface area contributed by atoms with Crippen molar-refractivity contribution in [3.63, 3.8) is 0 Å². The number of anilines is 1. The summed E-state index contributed by atoms with van der Waals surface area (Å²) in [5, 5.41) is 0. The predicted molar refractivity (Wildman–Crippen MR) is 84.7 cm³/mol. The van der Waals surface area contributed by atoms with E-state index < -0.39 is 0 Å². The molecule has 112 valence electrons. The first kappa shape index (κ1) is 14.6. The molecule has 1 aromatic carbocycles. The van der Waals surface area contributed by atoms with E-state index in [1.807, 2.05) is 23.1 Å². The number of fused-ring (bicyclic) bond motifs is 1. The summed E-state index contributed by atoms with van der Waals surface area (Å²) in [6.07, 6.45) is 2.99. The molecule has 4 nitrogen and oxygen atoms in total. The number of hydrogen-bond acceptors (Lipinski definition) is 4. The fourth-order valence-corrected chi connectivity index (χ4v) is 4.05. The Balaban J connectivity index is 1.67. The van der Waals surface area contributed by atoms with Gasteiger partial charge in [-0.3, -0.25) is 9.69 Å². The number of nitrogens with zero attached hydrogens (tertiary/aromatic N) is 2. The fourth-order valence-electron chi connectivity index (χ4n) is 3.05. The first-order chi connectivity index (χ1) is 10.3. The summed E-state index contributed by atoms with van der Waals surface area (Å²) in [5.41, 5.74) is 1.03. The van der Waals surface area contributed by atoms with Crippen molar-refractivity contribution >= 4 is 29.6 Å². The Labute approximate surface area is 129 Å². The standard InChI is InChI=1S/C16H20N2O2S/c19-12-13-4-3-7-17(10-13)11-16(20)18-8-9-21-15-6-2-1-5-14(15)18/h1-2,5-6,12-13H,3-4,7-11H2. The minimum absolute atomic E-state index is 0.0933. The zero-order valence-corrected chi connectivity index (χ0v) is 12.8. The normalized spacial score (nSPS) is 22.7. The second kappa shape index (κ2) is 6.62. The van der Waals surface area contributed by atoms with Crippen LogP contribution in [0.4, 0.5) is 5.69 Å². The van der Waals surface area contributed by atoms with Crippen LogP contribution in [-0.2, 0) is 9.59 Å². The summed E-state index contributed by atoms with van der Waals surface area (Å²) in [6, 6.07) is 8.08. The van der Waals surface area contributed by atoms with Crippen molar-refractivity contribution in [2.75, 3.05) is 36.8 Å². The zero-order valence-electron chi connectivity index (χ0n) is 12.0. The van der Waals surface area contributed by atoms with Gasteiger partial charge in [-0.2, -0.15) is 0 Å². The van der Waals surface area contributed by atoms with Crippen molar-refractivity contribution in [2.24, 2.45) is 5.92 Å². The second-order valence-corrected chi connectivity index (χ2v) is 6.77. The molecule has 1 fully saturated rings. The van der Waals surface area contributed by atoms with E-state index in [1.54, 1.807) is 11.8 Å². The number of benzene rings is 1.